The molecule has 0 saturated heterocycles. The van der Waals surface area contributed by atoms with Crippen molar-refractivity contribution in [1.29, 1.82) is 0 Å². The van der Waals surface area contributed by atoms with Crippen molar-refractivity contribution in [3.05, 3.63) is 12.2 Å². The minimum atomic E-state index is 0.745. The van der Waals surface area contributed by atoms with E-state index in [1.807, 2.05) is 0 Å². The van der Waals surface area contributed by atoms with Gasteiger partial charge >= 0.3 is 0 Å². The van der Waals surface area contributed by atoms with Crippen LogP contribution in [0.5, 0.6) is 0 Å². The van der Waals surface area contributed by atoms with E-state index in [9.17, 15) is 0 Å². The lowest BCUT2D eigenvalue weighted by molar-refractivity contribution is 0.455. The van der Waals surface area contributed by atoms with E-state index in [1.165, 1.54) is 95.7 Å². The highest BCUT2D eigenvalue weighted by molar-refractivity contribution is 5.83. The number of hydrogen-bond donors (Lipinski definition) is 1. The third-order valence-corrected chi connectivity index (χ3v) is 5.34. The van der Waals surface area contributed by atoms with Gasteiger partial charge in [0.15, 0.2) is 0 Å². The van der Waals surface area contributed by atoms with Crippen molar-refractivity contribution < 1.29 is 0 Å². The third-order valence-electron chi connectivity index (χ3n) is 5.34. The maximum Gasteiger partial charge on any atom is 0.0990 e. The largest absolute Gasteiger partial charge is 0.357 e. The van der Waals surface area contributed by atoms with Crippen LogP contribution >= 0.6 is 0 Å². The number of nitrogens with two attached hydrogens (primary N) is 1. The van der Waals surface area contributed by atoms with E-state index in [0.29, 0.717) is 0 Å². The second-order valence-corrected chi connectivity index (χ2v) is 7.76. The summed E-state index contributed by atoms with van der Waals surface area (Å²) in [6.07, 6.45) is 25.1. The van der Waals surface area contributed by atoms with Gasteiger partial charge in [0.2, 0.25) is 0 Å². The lowest BCUT2D eigenvalue weighted by atomic mass is 10.0. The zero-order valence-electron chi connectivity index (χ0n) is 17.6. The molecule has 2 N–H and O–H groups in total. The molecule has 1 aliphatic rings. The smallest absolute Gasteiger partial charge is 0.0990 e. The Bertz CT molecular complexity index is 362. The summed E-state index contributed by atoms with van der Waals surface area (Å²) in [6, 6.07) is 0. The second-order valence-electron chi connectivity index (χ2n) is 7.76. The lowest BCUT2D eigenvalue weighted by Gasteiger charge is -2.19. The molecular weight excluding hydrogens is 318 g/mol. The SMILES string of the molecule is CCCC/C=C/CCCCCCCCCCCCC1=NCCN1CCN. The highest BCUT2D eigenvalue weighted by atomic mass is 15.2. The highest BCUT2D eigenvalue weighted by Crippen LogP contribution is 2.14. The zero-order chi connectivity index (χ0) is 18.7. The Labute approximate surface area is 163 Å². The third kappa shape index (κ3) is 12.5. The lowest BCUT2D eigenvalue weighted by Crippen LogP contribution is -2.32. The quantitative estimate of drug-likeness (QED) is 0.236. The first kappa shape index (κ1) is 23.2. The van der Waals surface area contributed by atoms with Crippen LogP contribution in [0.2, 0.25) is 0 Å². The van der Waals surface area contributed by atoms with E-state index in [0.717, 1.165) is 32.6 Å². The van der Waals surface area contributed by atoms with E-state index < -0.39 is 0 Å². The van der Waals surface area contributed by atoms with Crippen molar-refractivity contribution in [3.8, 4) is 0 Å². The molecule has 0 spiro atoms. The molecule has 0 bridgehead atoms. The monoisotopic (exact) mass is 363 g/mol. The van der Waals surface area contributed by atoms with E-state index in [4.69, 9.17) is 5.73 Å². The Hall–Kier alpha value is -0.830. The molecule has 0 fully saturated rings. The summed E-state index contributed by atoms with van der Waals surface area (Å²) in [7, 11) is 0. The predicted octanol–water partition coefficient (Wildman–Crippen LogP) is 6.09. The standard InChI is InChI=1S/C23H45N3/c1-2-3-4-5-6-7-8-9-10-11-12-13-14-15-16-17-18-23-25-20-22-26(23)21-19-24/h5-6H,2-4,7-22,24H2,1H3/b6-5+. The number of rotatable bonds is 18. The molecule has 3 nitrogen and oxygen atoms in total. The second kappa shape index (κ2) is 17.6. The van der Waals surface area contributed by atoms with Crippen LogP contribution in [0.25, 0.3) is 0 Å². The summed E-state index contributed by atoms with van der Waals surface area (Å²) in [5.74, 6) is 1.32. The fourth-order valence-electron chi connectivity index (χ4n) is 3.68. The topological polar surface area (TPSA) is 41.6 Å². The van der Waals surface area contributed by atoms with Gasteiger partial charge in [-0.1, -0.05) is 83.3 Å². The Morgan fingerprint density at radius 3 is 2.04 bits per heavy atom. The molecule has 0 saturated carbocycles. The summed E-state index contributed by atoms with van der Waals surface area (Å²) in [5, 5.41) is 0. The number of amidine groups is 1. The maximum absolute atomic E-state index is 5.66. The summed E-state index contributed by atoms with van der Waals surface area (Å²) in [6.45, 7) is 6.05. The first-order chi connectivity index (χ1) is 12.9. The van der Waals surface area contributed by atoms with Crippen LogP contribution in [-0.4, -0.2) is 36.9 Å². The van der Waals surface area contributed by atoms with Gasteiger partial charge in [0.05, 0.1) is 12.4 Å². The molecule has 0 aromatic heterocycles. The molecule has 0 amide bonds. The van der Waals surface area contributed by atoms with E-state index >= 15 is 0 Å². The fourth-order valence-corrected chi connectivity index (χ4v) is 3.68. The van der Waals surface area contributed by atoms with Gasteiger partial charge in [-0.3, -0.25) is 4.99 Å². The van der Waals surface area contributed by atoms with Crippen molar-refractivity contribution >= 4 is 5.84 Å². The van der Waals surface area contributed by atoms with Gasteiger partial charge in [0.25, 0.3) is 0 Å². The molecule has 26 heavy (non-hydrogen) atoms. The van der Waals surface area contributed by atoms with Crippen LogP contribution in [0.3, 0.4) is 0 Å². The Balaban J connectivity index is 1.78. The van der Waals surface area contributed by atoms with E-state index in [-0.39, 0.29) is 0 Å². The van der Waals surface area contributed by atoms with Gasteiger partial charge in [-0.15, -0.1) is 0 Å². The van der Waals surface area contributed by atoms with Crippen molar-refractivity contribution in [2.24, 2.45) is 10.7 Å². The van der Waals surface area contributed by atoms with Crippen LogP contribution in [0.4, 0.5) is 0 Å². The molecule has 0 unspecified atom stereocenters. The average Bonchev–Trinajstić information content (AvgIpc) is 3.09. The fraction of sp³-hybridized carbons (Fsp3) is 0.870. The molecule has 0 aliphatic carbocycles. The predicted molar refractivity (Wildman–Crippen MR) is 117 cm³/mol. The molecule has 1 heterocycles. The van der Waals surface area contributed by atoms with E-state index in [1.54, 1.807) is 0 Å². The highest BCUT2D eigenvalue weighted by Gasteiger charge is 2.14. The number of unbranched alkanes of at least 4 members (excludes halogenated alkanes) is 12. The van der Waals surface area contributed by atoms with Crippen molar-refractivity contribution in [2.45, 2.75) is 103 Å². The normalized spacial score (nSPS) is 14.5. The average molecular weight is 364 g/mol. The Kier molecular flexibility index (Phi) is 15.7. The van der Waals surface area contributed by atoms with Crippen molar-refractivity contribution in [2.75, 3.05) is 26.2 Å². The van der Waals surface area contributed by atoms with Gasteiger partial charge in [-0.05, 0) is 25.7 Å². The van der Waals surface area contributed by atoms with Gasteiger partial charge in [0, 0.05) is 26.1 Å². The molecule has 1 aliphatic heterocycles. The summed E-state index contributed by atoms with van der Waals surface area (Å²) in [5.41, 5.74) is 5.66. The minimum Gasteiger partial charge on any atom is -0.357 e. The molecule has 0 aromatic carbocycles. The molecule has 0 atom stereocenters. The van der Waals surface area contributed by atoms with Crippen LogP contribution in [0.1, 0.15) is 103 Å². The van der Waals surface area contributed by atoms with E-state index in [2.05, 4.69) is 29.0 Å². The van der Waals surface area contributed by atoms with Crippen LogP contribution < -0.4 is 5.73 Å². The summed E-state index contributed by atoms with van der Waals surface area (Å²) < 4.78 is 0. The van der Waals surface area contributed by atoms with Crippen LogP contribution in [0, 0.1) is 0 Å². The Morgan fingerprint density at radius 1 is 0.846 bits per heavy atom. The van der Waals surface area contributed by atoms with Gasteiger partial charge in [-0.2, -0.15) is 0 Å². The first-order valence-corrected chi connectivity index (χ1v) is 11.5. The minimum absolute atomic E-state index is 0.745. The van der Waals surface area contributed by atoms with Gasteiger partial charge in [-0.25, -0.2) is 0 Å². The molecular formula is C23H45N3. The molecule has 0 radical (unpaired) electrons. The number of nitrogens with zero attached hydrogens (tertiary/aromatic N) is 2. The van der Waals surface area contributed by atoms with Crippen molar-refractivity contribution in [3.63, 3.8) is 0 Å². The number of allylic oxidation sites excluding steroid dienone is 2. The van der Waals surface area contributed by atoms with Gasteiger partial charge in [0.1, 0.15) is 0 Å². The van der Waals surface area contributed by atoms with Gasteiger partial charge < -0.3 is 10.6 Å². The summed E-state index contributed by atoms with van der Waals surface area (Å²) in [4.78, 5) is 7.00. The number of aliphatic imine (C=N–C) groups is 1. The Morgan fingerprint density at radius 2 is 1.42 bits per heavy atom. The van der Waals surface area contributed by atoms with Crippen LogP contribution in [0.15, 0.2) is 17.1 Å². The maximum atomic E-state index is 5.66. The zero-order valence-corrected chi connectivity index (χ0v) is 17.6. The summed E-state index contributed by atoms with van der Waals surface area (Å²) >= 11 is 0. The van der Waals surface area contributed by atoms with Crippen LogP contribution in [-0.2, 0) is 0 Å². The molecule has 0 aromatic rings. The molecule has 1 rings (SSSR count). The first-order valence-electron chi connectivity index (χ1n) is 11.5. The number of hydrogen-bond acceptors (Lipinski definition) is 3. The molecule has 152 valence electrons. The van der Waals surface area contributed by atoms with Crippen molar-refractivity contribution in [1.82, 2.24) is 4.90 Å². The molecule has 3 heteroatoms.